The van der Waals surface area contributed by atoms with Gasteiger partial charge in [0.2, 0.25) is 0 Å². The molecule has 8 aliphatic rings. The second-order valence-electron chi connectivity index (χ2n) is 26.6. The summed E-state index contributed by atoms with van der Waals surface area (Å²) in [6.45, 7) is 1.74. The van der Waals surface area contributed by atoms with Crippen molar-refractivity contribution in [2.24, 2.45) is 35.5 Å². The Morgan fingerprint density at radius 1 is 0.203 bits per heavy atom. The SMILES string of the molecule is C1CCCCC(C2(COCC3(C4CCCCCCCCC4)OC3(C3CCCCCCCCC3)C3CCCCCCCCC3)OC2(C2CCCCCCCCC2)C2CCCCCCCCC2)CCCC1. The zero-order valence-electron chi connectivity index (χ0n) is 46.3. The van der Waals surface area contributed by atoms with Crippen molar-refractivity contribution in [3.05, 3.63) is 0 Å². The van der Waals surface area contributed by atoms with Crippen molar-refractivity contribution in [2.75, 3.05) is 13.2 Å². The van der Waals surface area contributed by atoms with Crippen LogP contribution < -0.4 is 0 Å². The molecule has 0 bridgehead atoms. The lowest BCUT2D eigenvalue weighted by Gasteiger charge is -2.40. The van der Waals surface area contributed by atoms with Gasteiger partial charge in [-0.15, -0.1) is 0 Å². The Labute approximate surface area is 430 Å². The predicted octanol–water partition coefficient (Wildman–Crippen LogP) is 20.9. The Morgan fingerprint density at radius 3 is 0.522 bits per heavy atom. The predicted molar refractivity (Wildman–Crippen MR) is 294 cm³/mol. The van der Waals surface area contributed by atoms with Crippen molar-refractivity contribution in [1.29, 1.82) is 0 Å². The second-order valence-corrected chi connectivity index (χ2v) is 26.6. The van der Waals surface area contributed by atoms with Crippen molar-refractivity contribution < 1.29 is 14.2 Å². The normalized spacial score (nSPS) is 33.0. The summed E-state index contributed by atoms with van der Waals surface area (Å²) in [4.78, 5) is 0. The molecule has 6 saturated carbocycles. The smallest absolute Gasteiger partial charge is 0.124 e. The number of hydrogen-bond donors (Lipinski definition) is 0. The summed E-state index contributed by atoms with van der Waals surface area (Å²) in [6.07, 6.45) is 77.2. The van der Waals surface area contributed by atoms with E-state index in [9.17, 15) is 0 Å². The fraction of sp³-hybridized carbons (Fsp3) is 1.00. The molecule has 8 rings (SSSR count). The van der Waals surface area contributed by atoms with Gasteiger partial charge in [-0.3, -0.25) is 0 Å². The van der Waals surface area contributed by atoms with Crippen molar-refractivity contribution in [3.8, 4) is 0 Å². The monoisotopic (exact) mass is 959 g/mol. The standard InChI is InChI=1S/C66H118O3/c1-7-19-31-43-57(44-32-20-8-1)63(65(68-63,59-47-35-23-11-3-12-24-36-48-59)60-49-37-25-13-4-14-26-38-50-60)55-67-56-64(58-45-33-21-9-2-10-22-34-46-58)66(69-64,61-51-39-27-15-5-16-28-40-52-61)62-53-41-29-17-6-18-30-42-54-62/h57-62H,1-56H2. The van der Waals surface area contributed by atoms with Gasteiger partial charge in [0.15, 0.2) is 0 Å². The van der Waals surface area contributed by atoms with Crippen molar-refractivity contribution in [1.82, 2.24) is 0 Å². The maximum Gasteiger partial charge on any atom is 0.124 e. The maximum atomic E-state index is 8.29. The highest BCUT2D eigenvalue weighted by Crippen LogP contribution is 2.69. The summed E-state index contributed by atoms with van der Waals surface area (Å²) >= 11 is 0. The van der Waals surface area contributed by atoms with Crippen LogP contribution in [0.15, 0.2) is 0 Å². The van der Waals surface area contributed by atoms with Crippen LogP contribution in [0, 0.1) is 35.5 Å². The molecule has 8 fully saturated rings. The number of ether oxygens (including phenoxy) is 3. The van der Waals surface area contributed by atoms with Crippen LogP contribution in [0.25, 0.3) is 0 Å². The van der Waals surface area contributed by atoms with Gasteiger partial charge in [-0.05, 0) is 113 Å². The Balaban J connectivity index is 1.18. The third-order valence-corrected chi connectivity index (χ3v) is 22.0. The van der Waals surface area contributed by atoms with E-state index >= 15 is 0 Å². The molecule has 2 unspecified atom stereocenters. The van der Waals surface area contributed by atoms with Crippen molar-refractivity contribution >= 4 is 0 Å². The first-order valence-electron chi connectivity index (χ1n) is 33.2. The zero-order chi connectivity index (χ0) is 47.2. The van der Waals surface area contributed by atoms with E-state index in [1.807, 2.05) is 0 Å². The van der Waals surface area contributed by atoms with Crippen LogP contribution in [0.1, 0.15) is 347 Å². The van der Waals surface area contributed by atoms with E-state index < -0.39 is 0 Å². The van der Waals surface area contributed by atoms with Gasteiger partial charge in [0.05, 0.1) is 13.2 Å². The number of epoxide rings is 2. The van der Waals surface area contributed by atoms with Crippen LogP contribution in [0.4, 0.5) is 0 Å². The summed E-state index contributed by atoms with van der Waals surface area (Å²) in [5.41, 5.74) is -0.203. The molecule has 6 aliphatic carbocycles. The summed E-state index contributed by atoms with van der Waals surface area (Å²) in [5.74, 6) is 4.11. The van der Waals surface area contributed by atoms with E-state index in [1.165, 1.54) is 347 Å². The molecule has 0 spiro atoms. The third-order valence-electron chi connectivity index (χ3n) is 22.0. The van der Waals surface area contributed by atoms with Crippen LogP contribution in [0.3, 0.4) is 0 Å². The lowest BCUT2D eigenvalue weighted by molar-refractivity contribution is 0.000417. The van der Waals surface area contributed by atoms with Gasteiger partial charge in [-0.1, -0.05) is 270 Å². The molecule has 3 heteroatoms. The second kappa shape index (κ2) is 29.8. The van der Waals surface area contributed by atoms with Gasteiger partial charge in [0.1, 0.15) is 22.4 Å². The van der Waals surface area contributed by atoms with E-state index in [0.29, 0.717) is 35.5 Å². The van der Waals surface area contributed by atoms with Crippen LogP contribution >= 0.6 is 0 Å². The maximum absolute atomic E-state index is 8.29. The van der Waals surface area contributed by atoms with Crippen molar-refractivity contribution in [3.63, 3.8) is 0 Å². The fourth-order valence-electron chi connectivity index (χ4n) is 18.1. The average molecular weight is 960 g/mol. The first kappa shape index (κ1) is 55.1. The molecule has 2 aliphatic heterocycles. The Bertz CT molecular complexity index is 1150. The molecule has 2 atom stereocenters. The first-order chi connectivity index (χ1) is 34.3. The van der Waals surface area contributed by atoms with Crippen LogP contribution in [-0.2, 0) is 14.2 Å². The molecule has 0 radical (unpaired) electrons. The summed E-state index contributed by atoms with van der Waals surface area (Å²) in [5, 5.41) is 0. The van der Waals surface area contributed by atoms with Gasteiger partial charge in [-0.25, -0.2) is 0 Å². The molecule has 2 saturated heterocycles. The minimum absolute atomic E-state index is 0.0117. The van der Waals surface area contributed by atoms with Gasteiger partial charge in [0, 0.05) is 0 Å². The highest BCUT2D eigenvalue weighted by Gasteiger charge is 2.79. The quantitative estimate of drug-likeness (QED) is 0.205. The molecule has 69 heavy (non-hydrogen) atoms. The Morgan fingerprint density at radius 2 is 0.348 bits per heavy atom. The molecule has 0 aromatic heterocycles. The van der Waals surface area contributed by atoms with Crippen molar-refractivity contribution in [2.45, 2.75) is 369 Å². The fourth-order valence-corrected chi connectivity index (χ4v) is 18.1. The van der Waals surface area contributed by atoms with Gasteiger partial charge in [0.25, 0.3) is 0 Å². The zero-order valence-corrected chi connectivity index (χ0v) is 46.3. The minimum atomic E-state index is -0.113. The Hall–Kier alpha value is -0.120. The first-order valence-corrected chi connectivity index (χ1v) is 33.2. The molecule has 400 valence electrons. The van der Waals surface area contributed by atoms with E-state index in [2.05, 4.69) is 0 Å². The van der Waals surface area contributed by atoms with Gasteiger partial charge < -0.3 is 14.2 Å². The summed E-state index contributed by atoms with van der Waals surface area (Å²) < 4.78 is 24.7. The number of hydrogen-bond acceptors (Lipinski definition) is 3. The molecule has 0 N–H and O–H groups in total. The molecular formula is C66H118O3. The highest BCUT2D eigenvalue weighted by atomic mass is 16.7. The molecular weight excluding hydrogens is 841 g/mol. The van der Waals surface area contributed by atoms with Gasteiger partial charge in [-0.2, -0.15) is 0 Å². The van der Waals surface area contributed by atoms with E-state index in [4.69, 9.17) is 14.2 Å². The Kier molecular flexibility index (Phi) is 23.8. The van der Waals surface area contributed by atoms with Crippen LogP contribution in [-0.4, -0.2) is 35.6 Å². The van der Waals surface area contributed by atoms with Gasteiger partial charge >= 0.3 is 0 Å². The lowest BCUT2D eigenvalue weighted by atomic mass is 9.62. The highest BCUT2D eigenvalue weighted by molar-refractivity contribution is 5.26. The molecule has 0 aromatic rings. The van der Waals surface area contributed by atoms with Crippen LogP contribution in [0.2, 0.25) is 0 Å². The summed E-state index contributed by atoms with van der Waals surface area (Å²) in [6, 6.07) is 0. The average Bonchev–Trinajstić information content (AvgIpc) is 4.28. The van der Waals surface area contributed by atoms with E-state index in [0.717, 1.165) is 13.2 Å². The molecule has 3 nitrogen and oxygen atoms in total. The molecule has 2 heterocycles. The topological polar surface area (TPSA) is 34.3 Å². The number of rotatable bonds is 10. The minimum Gasteiger partial charge on any atom is -0.375 e. The van der Waals surface area contributed by atoms with E-state index in [1.54, 1.807) is 0 Å². The third kappa shape index (κ3) is 14.6. The molecule has 0 amide bonds. The molecule has 0 aromatic carbocycles. The van der Waals surface area contributed by atoms with Crippen LogP contribution in [0.5, 0.6) is 0 Å². The largest absolute Gasteiger partial charge is 0.375 e. The van der Waals surface area contributed by atoms with E-state index in [-0.39, 0.29) is 22.4 Å². The lowest BCUT2D eigenvalue weighted by Crippen LogP contribution is -2.49. The summed E-state index contributed by atoms with van der Waals surface area (Å²) in [7, 11) is 0.